The standard InChI is InChI=1S/C14H21NO3S2/c1-2-19-14-5-3-4-13(14)15-20(17,18)12-8-6-11(10-16)7-9-12/h6-9,13-16H,2-5,10H2,1H3. The van der Waals surface area contributed by atoms with Crippen molar-refractivity contribution in [1.82, 2.24) is 4.72 Å². The summed E-state index contributed by atoms with van der Waals surface area (Å²) < 4.78 is 27.5. The van der Waals surface area contributed by atoms with E-state index in [-0.39, 0.29) is 17.5 Å². The molecule has 6 heteroatoms. The maximum absolute atomic E-state index is 12.4. The SMILES string of the molecule is CCSC1CCCC1NS(=O)(=O)c1ccc(CO)cc1. The second-order valence-electron chi connectivity index (χ2n) is 4.95. The van der Waals surface area contributed by atoms with Gasteiger partial charge in [0.15, 0.2) is 0 Å². The van der Waals surface area contributed by atoms with E-state index < -0.39 is 10.0 Å². The van der Waals surface area contributed by atoms with Crippen molar-refractivity contribution in [2.24, 2.45) is 0 Å². The van der Waals surface area contributed by atoms with Crippen molar-refractivity contribution in [1.29, 1.82) is 0 Å². The predicted octanol–water partition coefficient (Wildman–Crippen LogP) is 2.13. The number of benzene rings is 1. The third-order valence-corrected chi connectivity index (χ3v) is 6.39. The van der Waals surface area contributed by atoms with Gasteiger partial charge in [0, 0.05) is 11.3 Å². The first-order chi connectivity index (χ1) is 9.56. The summed E-state index contributed by atoms with van der Waals surface area (Å²) in [6.07, 6.45) is 3.06. The van der Waals surface area contributed by atoms with Gasteiger partial charge in [0.1, 0.15) is 0 Å². The fourth-order valence-corrected chi connectivity index (χ4v) is 5.11. The number of rotatable bonds is 6. The Morgan fingerprint density at radius 2 is 2.00 bits per heavy atom. The van der Waals surface area contributed by atoms with E-state index in [1.54, 1.807) is 24.3 Å². The molecule has 1 fully saturated rings. The molecule has 0 amide bonds. The van der Waals surface area contributed by atoms with Gasteiger partial charge in [-0.3, -0.25) is 0 Å². The number of thioether (sulfide) groups is 1. The average Bonchev–Trinajstić information content (AvgIpc) is 2.86. The van der Waals surface area contributed by atoms with Gasteiger partial charge in [0.2, 0.25) is 10.0 Å². The summed E-state index contributed by atoms with van der Waals surface area (Å²) in [4.78, 5) is 0.266. The lowest BCUT2D eigenvalue weighted by Gasteiger charge is -2.20. The van der Waals surface area contributed by atoms with Crippen LogP contribution in [0.3, 0.4) is 0 Å². The third kappa shape index (κ3) is 3.75. The van der Waals surface area contributed by atoms with Gasteiger partial charge in [0.25, 0.3) is 0 Å². The van der Waals surface area contributed by atoms with Crippen molar-refractivity contribution in [3.05, 3.63) is 29.8 Å². The molecule has 4 nitrogen and oxygen atoms in total. The minimum Gasteiger partial charge on any atom is -0.392 e. The molecule has 1 aliphatic carbocycles. The summed E-state index contributed by atoms with van der Waals surface area (Å²) in [6, 6.07) is 6.40. The van der Waals surface area contributed by atoms with Gasteiger partial charge >= 0.3 is 0 Å². The third-order valence-electron chi connectivity index (χ3n) is 3.56. The molecule has 0 heterocycles. The summed E-state index contributed by atoms with van der Waals surface area (Å²) in [6.45, 7) is 2.02. The van der Waals surface area contributed by atoms with E-state index in [0.29, 0.717) is 10.8 Å². The van der Waals surface area contributed by atoms with Crippen LogP contribution in [0, 0.1) is 0 Å². The zero-order chi connectivity index (χ0) is 14.6. The molecule has 0 radical (unpaired) electrons. The maximum Gasteiger partial charge on any atom is 0.240 e. The van der Waals surface area contributed by atoms with Crippen LogP contribution in [0.1, 0.15) is 31.7 Å². The Hall–Kier alpha value is -0.560. The Balaban J connectivity index is 2.09. The van der Waals surface area contributed by atoms with E-state index in [4.69, 9.17) is 5.11 Å². The van der Waals surface area contributed by atoms with Gasteiger partial charge in [-0.2, -0.15) is 11.8 Å². The van der Waals surface area contributed by atoms with Crippen LogP contribution < -0.4 is 4.72 Å². The topological polar surface area (TPSA) is 66.4 Å². The molecule has 112 valence electrons. The highest BCUT2D eigenvalue weighted by atomic mass is 32.2. The lowest BCUT2D eigenvalue weighted by molar-refractivity contribution is 0.282. The number of aliphatic hydroxyl groups excluding tert-OH is 1. The normalized spacial score (nSPS) is 23.1. The van der Waals surface area contributed by atoms with Crippen LogP contribution in [-0.2, 0) is 16.6 Å². The molecule has 1 saturated carbocycles. The van der Waals surface area contributed by atoms with Crippen molar-refractivity contribution < 1.29 is 13.5 Å². The van der Waals surface area contributed by atoms with Crippen LogP contribution >= 0.6 is 11.8 Å². The molecular formula is C14H21NO3S2. The van der Waals surface area contributed by atoms with Crippen LogP contribution in [0.25, 0.3) is 0 Å². The zero-order valence-corrected chi connectivity index (χ0v) is 13.2. The maximum atomic E-state index is 12.4. The number of sulfonamides is 1. The molecule has 0 spiro atoms. The molecule has 1 aliphatic rings. The lowest BCUT2D eigenvalue weighted by atomic mass is 10.2. The second kappa shape index (κ2) is 6.93. The van der Waals surface area contributed by atoms with Crippen LogP contribution in [-0.4, -0.2) is 30.6 Å². The van der Waals surface area contributed by atoms with E-state index in [9.17, 15) is 8.42 Å². The Kier molecular flexibility index (Phi) is 5.49. The monoisotopic (exact) mass is 315 g/mol. The van der Waals surface area contributed by atoms with Gasteiger partial charge in [-0.25, -0.2) is 13.1 Å². The van der Waals surface area contributed by atoms with E-state index in [1.807, 2.05) is 11.8 Å². The highest BCUT2D eigenvalue weighted by molar-refractivity contribution is 8.00. The molecular weight excluding hydrogens is 294 g/mol. The Labute approximate surface area is 125 Å². The van der Waals surface area contributed by atoms with Gasteiger partial charge in [-0.05, 0) is 36.3 Å². The molecule has 0 aliphatic heterocycles. The Morgan fingerprint density at radius 3 is 2.60 bits per heavy atom. The number of nitrogens with one attached hydrogen (secondary N) is 1. The lowest BCUT2D eigenvalue weighted by Crippen LogP contribution is -2.38. The fraction of sp³-hybridized carbons (Fsp3) is 0.571. The highest BCUT2D eigenvalue weighted by Gasteiger charge is 2.31. The van der Waals surface area contributed by atoms with Crippen LogP contribution in [0.2, 0.25) is 0 Å². The quantitative estimate of drug-likeness (QED) is 0.844. The van der Waals surface area contributed by atoms with Gasteiger partial charge in [-0.15, -0.1) is 0 Å². The summed E-state index contributed by atoms with van der Waals surface area (Å²) in [5, 5.41) is 9.37. The molecule has 1 aromatic rings. The van der Waals surface area contributed by atoms with Gasteiger partial charge in [-0.1, -0.05) is 25.5 Å². The van der Waals surface area contributed by atoms with Crippen molar-refractivity contribution in [2.75, 3.05) is 5.75 Å². The molecule has 20 heavy (non-hydrogen) atoms. The molecule has 2 N–H and O–H groups in total. The summed E-state index contributed by atoms with van der Waals surface area (Å²) in [5.41, 5.74) is 0.712. The van der Waals surface area contributed by atoms with E-state index in [0.717, 1.165) is 25.0 Å². The van der Waals surface area contributed by atoms with Gasteiger partial charge < -0.3 is 5.11 Å². The number of aliphatic hydroxyl groups is 1. The number of hydrogen-bond acceptors (Lipinski definition) is 4. The highest BCUT2D eigenvalue weighted by Crippen LogP contribution is 2.30. The van der Waals surface area contributed by atoms with Crippen LogP contribution in [0.15, 0.2) is 29.2 Å². The number of hydrogen-bond donors (Lipinski definition) is 2. The summed E-state index contributed by atoms with van der Waals surface area (Å²) >= 11 is 1.83. The van der Waals surface area contributed by atoms with Crippen LogP contribution in [0.4, 0.5) is 0 Å². The van der Waals surface area contributed by atoms with E-state index >= 15 is 0 Å². The molecule has 0 saturated heterocycles. The van der Waals surface area contributed by atoms with E-state index in [1.165, 1.54) is 0 Å². The van der Waals surface area contributed by atoms with Crippen molar-refractivity contribution in [3.8, 4) is 0 Å². The van der Waals surface area contributed by atoms with Crippen molar-refractivity contribution in [2.45, 2.75) is 49.0 Å². The molecule has 0 aromatic heterocycles. The molecule has 1 aromatic carbocycles. The zero-order valence-electron chi connectivity index (χ0n) is 11.6. The molecule has 2 rings (SSSR count). The largest absolute Gasteiger partial charge is 0.392 e. The first-order valence-electron chi connectivity index (χ1n) is 6.90. The minimum absolute atomic E-state index is 0.0301. The van der Waals surface area contributed by atoms with Crippen LogP contribution in [0.5, 0.6) is 0 Å². The van der Waals surface area contributed by atoms with E-state index in [2.05, 4.69) is 11.6 Å². The first kappa shape index (κ1) is 15.8. The van der Waals surface area contributed by atoms with Gasteiger partial charge in [0.05, 0.1) is 11.5 Å². The second-order valence-corrected chi connectivity index (χ2v) is 8.18. The molecule has 0 bridgehead atoms. The average molecular weight is 315 g/mol. The fourth-order valence-electron chi connectivity index (χ4n) is 2.52. The molecule has 2 atom stereocenters. The first-order valence-corrected chi connectivity index (χ1v) is 9.43. The minimum atomic E-state index is -3.46. The summed E-state index contributed by atoms with van der Waals surface area (Å²) in [7, 11) is -3.46. The predicted molar refractivity (Wildman–Crippen MR) is 82.2 cm³/mol. The van der Waals surface area contributed by atoms with Crippen molar-refractivity contribution >= 4 is 21.8 Å². The van der Waals surface area contributed by atoms with Crippen molar-refractivity contribution in [3.63, 3.8) is 0 Å². The Bertz CT molecular complexity index is 528. The smallest absolute Gasteiger partial charge is 0.240 e. The Morgan fingerprint density at radius 1 is 1.30 bits per heavy atom. The molecule has 2 unspecified atom stereocenters. The summed E-state index contributed by atoms with van der Waals surface area (Å²) in [5.74, 6) is 1.01.